The first-order chi connectivity index (χ1) is 16.5. The van der Waals surface area contributed by atoms with Crippen LogP contribution in [-0.2, 0) is 14.3 Å². The quantitative estimate of drug-likeness (QED) is 0.448. The Bertz CT molecular complexity index is 1150. The van der Waals surface area contributed by atoms with Gasteiger partial charge in [-0.3, -0.25) is 9.59 Å². The third-order valence-corrected chi connectivity index (χ3v) is 10.8. The molecule has 7 atom stereocenters. The fraction of sp³-hybridized carbons (Fsp3) is 0.536. The van der Waals surface area contributed by atoms with Crippen LogP contribution in [0.4, 0.5) is 0 Å². The molecule has 0 bridgehead atoms. The van der Waals surface area contributed by atoms with Crippen LogP contribution in [0.25, 0.3) is 0 Å². The van der Waals surface area contributed by atoms with Gasteiger partial charge in [0.25, 0.3) is 0 Å². The average molecular weight is 517 g/mol. The van der Waals surface area contributed by atoms with E-state index in [4.69, 9.17) is 27.9 Å². The molecule has 0 amide bonds. The molecular weight excluding hydrogens is 487 g/mol. The highest BCUT2D eigenvalue weighted by atomic mass is 35.5. The molecule has 4 aliphatic carbocycles. The van der Waals surface area contributed by atoms with E-state index in [1.54, 1.807) is 36.4 Å². The number of aliphatic hydroxyl groups excluding tert-OH is 1. The maximum Gasteiger partial charge on any atom is 0.339 e. The first kappa shape index (κ1) is 24.7. The minimum absolute atomic E-state index is 0.0632. The lowest BCUT2D eigenvalue weighted by molar-refractivity contribution is -0.171. The van der Waals surface area contributed by atoms with Gasteiger partial charge in [-0.1, -0.05) is 43.7 Å². The molecule has 0 saturated heterocycles. The van der Waals surface area contributed by atoms with E-state index in [1.807, 2.05) is 19.9 Å². The van der Waals surface area contributed by atoms with Crippen molar-refractivity contribution in [2.75, 3.05) is 5.88 Å². The summed E-state index contributed by atoms with van der Waals surface area (Å²) in [6.45, 7) is 3.94. The molecule has 3 fully saturated rings. The van der Waals surface area contributed by atoms with Crippen LogP contribution in [0.15, 0.2) is 54.1 Å². The molecule has 1 aromatic carbocycles. The van der Waals surface area contributed by atoms with E-state index in [-0.39, 0.29) is 35.7 Å². The predicted molar refractivity (Wildman–Crippen MR) is 133 cm³/mol. The number of hydrogen-bond acceptors (Lipinski definition) is 5. The molecule has 5 nitrogen and oxygen atoms in total. The van der Waals surface area contributed by atoms with Crippen molar-refractivity contribution in [1.29, 1.82) is 0 Å². The largest absolute Gasteiger partial charge is 0.447 e. The smallest absolute Gasteiger partial charge is 0.339 e. The molecule has 0 aliphatic heterocycles. The summed E-state index contributed by atoms with van der Waals surface area (Å²) < 4.78 is 6.12. The molecule has 5 rings (SSSR count). The Kier molecular flexibility index (Phi) is 5.86. The molecule has 3 saturated carbocycles. The number of hydrogen-bond donors (Lipinski definition) is 1. The van der Waals surface area contributed by atoms with Crippen LogP contribution in [-0.4, -0.2) is 45.1 Å². The van der Waals surface area contributed by atoms with Crippen LogP contribution in [0.2, 0.25) is 0 Å². The Hall–Kier alpha value is -1.95. The SMILES string of the molecule is C[C@]12C=CC(=O)C=C1CC[C@H]1[C@@H]3CC[C@](OC(=O)c4ccccc4)(C(=O)CCl)[C@@]3(C)C[C@H](O)[C@@]12Cl. The number of allylic oxidation sites excluding steroid dienone is 4. The van der Waals surface area contributed by atoms with Crippen LogP contribution in [0.3, 0.4) is 0 Å². The van der Waals surface area contributed by atoms with E-state index in [2.05, 4.69) is 0 Å². The molecule has 0 aromatic heterocycles. The van der Waals surface area contributed by atoms with Gasteiger partial charge in [0, 0.05) is 10.8 Å². The van der Waals surface area contributed by atoms with Crippen molar-refractivity contribution in [1.82, 2.24) is 0 Å². The van der Waals surface area contributed by atoms with Crippen LogP contribution in [0.1, 0.15) is 56.3 Å². The van der Waals surface area contributed by atoms with Crippen molar-refractivity contribution in [3.63, 3.8) is 0 Å². The Morgan fingerprint density at radius 2 is 1.86 bits per heavy atom. The van der Waals surface area contributed by atoms with Crippen molar-refractivity contribution in [3.8, 4) is 0 Å². The van der Waals surface area contributed by atoms with Crippen molar-refractivity contribution >= 4 is 40.7 Å². The third-order valence-electron chi connectivity index (χ3n) is 9.61. The highest BCUT2D eigenvalue weighted by Crippen LogP contribution is 2.71. The van der Waals surface area contributed by atoms with Gasteiger partial charge >= 0.3 is 5.97 Å². The van der Waals surface area contributed by atoms with Gasteiger partial charge in [0.05, 0.1) is 22.4 Å². The van der Waals surface area contributed by atoms with Crippen LogP contribution >= 0.6 is 23.2 Å². The number of rotatable bonds is 4. The number of ketones is 2. The van der Waals surface area contributed by atoms with Crippen LogP contribution in [0.5, 0.6) is 0 Å². The minimum atomic E-state index is -1.44. The average Bonchev–Trinajstić information content (AvgIpc) is 3.13. The summed E-state index contributed by atoms with van der Waals surface area (Å²) in [4.78, 5) is 37.7. The molecule has 1 N–H and O–H groups in total. The van der Waals surface area contributed by atoms with E-state index < -0.39 is 33.4 Å². The fourth-order valence-corrected chi connectivity index (χ4v) is 8.52. The maximum atomic E-state index is 13.5. The number of alkyl halides is 2. The minimum Gasteiger partial charge on any atom is -0.447 e. The van der Waals surface area contributed by atoms with Crippen LogP contribution < -0.4 is 0 Å². The lowest BCUT2D eigenvalue weighted by Crippen LogP contribution is -2.69. The highest BCUT2D eigenvalue weighted by molar-refractivity contribution is 6.29. The molecule has 0 unspecified atom stereocenters. The summed E-state index contributed by atoms with van der Waals surface area (Å²) in [6, 6.07) is 8.60. The molecule has 0 spiro atoms. The fourth-order valence-electron chi connectivity index (χ4n) is 7.78. The number of aliphatic hydroxyl groups is 1. The highest BCUT2D eigenvalue weighted by Gasteiger charge is 2.74. The lowest BCUT2D eigenvalue weighted by Gasteiger charge is -2.64. The van der Waals surface area contributed by atoms with Crippen LogP contribution in [0, 0.1) is 22.7 Å². The molecule has 7 heteroatoms. The molecule has 0 heterocycles. The van der Waals surface area contributed by atoms with Gasteiger partial charge in [0.1, 0.15) is 0 Å². The Morgan fingerprint density at radius 3 is 2.54 bits per heavy atom. The van der Waals surface area contributed by atoms with Gasteiger partial charge < -0.3 is 9.84 Å². The number of ether oxygens (including phenoxy) is 1. The van der Waals surface area contributed by atoms with Crippen molar-refractivity contribution in [3.05, 3.63) is 59.7 Å². The second-order valence-electron chi connectivity index (χ2n) is 10.9. The zero-order valence-electron chi connectivity index (χ0n) is 19.9. The number of carbonyl (C=O) groups excluding carboxylic acids is 3. The first-order valence-corrected chi connectivity index (χ1v) is 13.1. The molecule has 186 valence electrons. The standard InChI is InChI=1S/C28H30Cl2O5/c1-25-12-10-19(31)14-18(25)8-9-21-20-11-13-27(23(33)16-29,26(20,2)15-22(32)28(21,25)30)35-24(34)17-6-4-3-5-7-17/h3-7,10,12,14,20-22,32H,8-9,11,13,15-16H2,1-2H3/t20-,21-,22-,25-,26-,27-,28-/m0/s1. The number of esters is 1. The van der Waals surface area contributed by atoms with Crippen molar-refractivity contribution < 1.29 is 24.2 Å². The summed E-state index contributed by atoms with van der Waals surface area (Å²) in [5, 5.41) is 11.7. The number of benzene rings is 1. The summed E-state index contributed by atoms with van der Waals surface area (Å²) in [5.74, 6) is -1.47. The van der Waals surface area contributed by atoms with E-state index >= 15 is 0 Å². The monoisotopic (exact) mass is 516 g/mol. The second-order valence-corrected chi connectivity index (χ2v) is 11.8. The normalized spacial score (nSPS) is 41.9. The molecule has 1 aromatic rings. The lowest BCUT2D eigenvalue weighted by atomic mass is 9.45. The number of carbonyl (C=O) groups is 3. The van der Waals surface area contributed by atoms with Gasteiger partial charge in [-0.2, -0.15) is 0 Å². The van der Waals surface area contributed by atoms with E-state index in [9.17, 15) is 19.5 Å². The number of Topliss-reactive ketones (excluding diaryl/α,β-unsaturated/α-hetero) is 1. The van der Waals surface area contributed by atoms with Gasteiger partial charge in [-0.05, 0) is 68.2 Å². The zero-order chi connectivity index (χ0) is 25.2. The first-order valence-electron chi connectivity index (χ1n) is 12.2. The van der Waals surface area contributed by atoms with E-state index in [0.717, 1.165) is 5.57 Å². The summed E-state index contributed by atoms with van der Waals surface area (Å²) in [7, 11) is 0. The summed E-state index contributed by atoms with van der Waals surface area (Å²) >= 11 is 13.5. The van der Waals surface area contributed by atoms with Gasteiger partial charge in [-0.25, -0.2) is 4.79 Å². The van der Waals surface area contributed by atoms with E-state index in [0.29, 0.717) is 31.2 Å². The molecule has 4 aliphatic rings. The second kappa shape index (κ2) is 8.29. The Balaban J connectivity index is 1.57. The van der Waals surface area contributed by atoms with Crippen molar-refractivity contribution in [2.24, 2.45) is 22.7 Å². The van der Waals surface area contributed by atoms with Gasteiger partial charge in [0.2, 0.25) is 0 Å². The van der Waals surface area contributed by atoms with Crippen molar-refractivity contribution in [2.45, 2.75) is 62.5 Å². The molecule has 35 heavy (non-hydrogen) atoms. The molecule has 0 radical (unpaired) electrons. The number of halogens is 2. The predicted octanol–water partition coefficient (Wildman–Crippen LogP) is 5.03. The Labute approximate surface area is 215 Å². The number of fused-ring (bicyclic) bond motifs is 5. The Morgan fingerprint density at radius 1 is 1.14 bits per heavy atom. The summed E-state index contributed by atoms with van der Waals surface area (Å²) in [5.41, 5.74) is -1.66. The zero-order valence-corrected chi connectivity index (χ0v) is 21.4. The summed E-state index contributed by atoms with van der Waals surface area (Å²) in [6.07, 6.45) is 6.56. The van der Waals surface area contributed by atoms with Gasteiger partial charge in [0.15, 0.2) is 17.2 Å². The topological polar surface area (TPSA) is 80.7 Å². The van der Waals surface area contributed by atoms with Gasteiger partial charge in [-0.15, -0.1) is 23.2 Å². The maximum absolute atomic E-state index is 13.5. The van der Waals surface area contributed by atoms with E-state index in [1.165, 1.54) is 6.08 Å². The third kappa shape index (κ3) is 3.20. The molecular formula is C28H30Cl2O5.